The van der Waals surface area contributed by atoms with Crippen molar-refractivity contribution in [2.45, 2.75) is 47.0 Å². The van der Waals surface area contributed by atoms with Crippen molar-refractivity contribution >= 4 is 28.1 Å². The minimum atomic E-state index is -0.227. The molecule has 1 N–H and O–H groups in total. The van der Waals surface area contributed by atoms with Crippen molar-refractivity contribution in [3.05, 3.63) is 131 Å². The summed E-state index contributed by atoms with van der Waals surface area (Å²) >= 11 is 0. The van der Waals surface area contributed by atoms with Gasteiger partial charge in [-0.15, -0.1) is 23.8 Å². The van der Waals surface area contributed by atoms with Crippen LogP contribution in [0.4, 0.5) is 17.2 Å². The smallest absolute Gasteiger partial charge is 0.140 e. The quantitative estimate of drug-likeness (QED) is 0.183. The van der Waals surface area contributed by atoms with Gasteiger partial charge in [0.05, 0.1) is 0 Å². The molecule has 0 saturated heterocycles. The minimum Gasteiger partial charge on any atom is -0.506 e. The maximum atomic E-state index is 11.0. The van der Waals surface area contributed by atoms with E-state index in [1.807, 2.05) is 24.4 Å². The van der Waals surface area contributed by atoms with Gasteiger partial charge in [0.1, 0.15) is 17.1 Å². The van der Waals surface area contributed by atoms with Gasteiger partial charge in [-0.05, 0) is 108 Å². The number of aryl methyl sites for hydroxylation is 4. The predicted molar refractivity (Wildman–Crippen MR) is 177 cm³/mol. The van der Waals surface area contributed by atoms with Crippen molar-refractivity contribution in [2.75, 3.05) is 4.90 Å². The van der Waals surface area contributed by atoms with Crippen LogP contribution in [0.1, 0.15) is 47.2 Å². The molecule has 0 aliphatic carbocycles. The molecule has 4 aromatic carbocycles. The van der Waals surface area contributed by atoms with Gasteiger partial charge in [-0.2, -0.15) is 0 Å². The first-order chi connectivity index (χ1) is 20.6. The van der Waals surface area contributed by atoms with E-state index in [2.05, 4.69) is 113 Å². The zero-order valence-corrected chi connectivity index (χ0v) is 28.0. The summed E-state index contributed by atoms with van der Waals surface area (Å²) in [6.45, 7) is 13.0. The fourth-order valence-electron chi connectivity index (χ4n) is 6.83. The first-order valence-electron chi connectivity index (χ1n) is 14.7. The second kappa shape index (κ2) is 11.0. The molecule has 0 atom stereocenters. The van der Waals surface area contributed by atoms with E-state index in [1.54, 1.807) is 6.07 Å². The van der Waals surface area contributed by atoms with Crippen LogP contribution < -0.4 is 4.90 Å². The number of nitrogens with zero attached hydrogens (tertiary/aromatic N) is 3. The van der Waals surface area contributed by atoms with Crippen LogP contribution in [0.15, 0.2) is 91.1 Å². The number of para-hydroxylation sites is 1. The van der Waals surface area contributed by atoms with Crippen LogP contribution >= 0.6 is 0 Å². The van der Waals surface area contributed by atoms with Crippen LogP contribution in [0.25, 0.3) is 33.3 Å². The van der Waals surface area contributed by atoms with Gasteiger partial charge in [0, 0.05) is 38.3 Å². The Hall–Kier alpha value is -4.27. The number of aromatic hydroxyl groups is 1. The Labute approximate surface area is 273 Å². The summed E-state index contributed by atoms with van der Waals surface area (Å²) in [7, 11) is 0. The topological polar surface area (TPSA) is 49.2 Å². The van der Waals surface area contributed by atoms with E-state index in [4.69, 9.17) is 9.97 Å². The van der Waals surface area contributed by atoms with Crippen molar-refractivity contribution in [1.82, 2.24) is 9.97 Å². The van der Waals surface area contributed by atoms with Crippen LogP contribution in [0.2, 0.25) is 0 Å². The van der Waals surface area contributed by atoms with E-state index in [0.717, 1.165) is 45.0 Å². The Bertz CT molecular complexity index is 2060. The summed E-state index contributed by atoms with van der Waals surface area (Å²) in [4.78, 5) is 12.0. The fraction of sp³-hybridized carbons (Fsp3) is 0.179. The fourth-order valence-corrected chi connectivity index (χ4v) is 6.83. The molecule has 1 aliphatic rings. The Balaban J connectivity index is 0.00000343. The molecule has 2 aromatic heterocycles. The van der Waals surface area contributed by atoms with E-state index in [9.17, 15) is 5.11 Å². The molecular weight excluding hydrogens is 722 g/mol. The van der Waals surface area contributed by atoms with E-state index >= 15 is 0 Å². The molecule has 6 aromatic rings. The van der Waals surface area contributed by atoms with Crippen LogP contribution in [-0.2, 0) is 26.5 Å². The summed E-state index contributed by atoms with van der Waals surface area (Å²) in [5, 5.41) is 11.9. The molecular formula is C39H34N3OPt-. The second-order valence-electron chi connectivity index (χ2n) is 12.3. The average molecular weight is 756 g/mol. The van der Waals surface area contributed by atoms with Crippen molar-refractivity contribution in [3.63, 3.8) is 0 Å². The summed E-state index contributed by atoms with van der Waals surface area (Å²) in [5.74, 6) is 1.02. The molecule has 1 aliphatic heterocycles. The number of rotatable bonds is 3. The van der Waals surface area contributed by atoms with Crippen LogP contribution in [0, 0.1) is 33.8 Å². The predicted octanol–water partition coefficient (Wildman–Crippen LogP) is 9.81. The van der Waals surface area contributed by atoms with Crippen LogP contribution in [0.3, 0.4) is 0 Å². The van der Waals surface area contributed by atoms with Crippen molar-refractivity contribution in [3.8, 4) is 28.1 Å². The SMILES string of the molecule is Cc1ccnc(N2c3[c-]c(-c4ccc5c(-c6c(C)cc(C)cc6C)ccc(O)c5n4)ccc3C(C)(C)c3ccccc32)c1.[Pt]. The van der Waals surface area contributed by atoms with Gasteiger partial charge in [0.2, 0.25) is 0 Å². The Kier molecular flexibility index (Phi) is 7.46. The first kappa shape index (κ1) is 29.8. The number of hydrogen-bond donors (Lipinski definition) is 1. The number of benzene rings is 4. The molecule has 44 heavy (non-hydrogen) atoms. The van der Waals surface area contributed by atoms with Gasteiger partial charge in [-0.3, -0.25) is 4.98 Å². The molecule has 0 amide bonds. The zero-order chi connectivity index (χ0) is 30.0. The van der Waals surface area contributed by atoms with Crippen LogP contribution in [0.5, 0.6) is 5.75 Å². The van der Waals surface area contributed by atoms with E-state index in [-0.39, 0.29) is 32.2 Å². The Morgan fingerprint density at radius 2 is 1.52 bits per heavy atom. The third kappa shape index (κ3) is 4.73. The molecule has 0 unspecified atom stereocenters. The summed E-state index contributed by atoms with van der Waals surface area (Å²) in [6, 6.07) is 33.0. The maximum Gasteiger partial charge on any atom is 0.140 e. The molecule has 5 heteroatoms. The minimum absolute atomic E-state index is 0. The van der Waals surface area contributed by atoms with Gasteiger partial charge < -0.3 is 10.0 Å². The van der Waals surface area contributed by atoms with E-state index in [1.165, 1.54) is 33.4 Å². The molecule has 7 rings (SSSR count). The molecule has 3 heterocycles. The number of pyridine rings is 2. The molecule has 222 valence electrons. The van der Waals surface area contributed by atoms with E-state index in [0.29, 0.717) is 5.52 Å². The number of phenols is 1. The third-order valence-corrected chi connectivity index (χ3v) is 8.83. The number of aromatic nitrogens is 2. The Morgan fingerprint density at radius 1 is 0.773 bits per heavy atom. The van der Waals surface area contributed by atoms with Crippen molar-refractivity contribution < 1.29 is 26.2 Å². The average Bonchev–Trinajstić information content (AvgIpc) is 2.98. The molecule has 0 bridgehead atoms. The molecule has 0 fully saturated rings. The number of hydrogen-bond acceptors (Lipinski definition) is 4. The molecule has 0 spiro atoms. The summed E-state index contributed by atoms with van der Waals surface area (Å²) in [6.07, 6.45) is 1.86. The maximum absolute atomic E-state index is 11.0. The second-order valence-corrected chi connectivity index (χ2v) is 12.3. The van der Waals surface area contributed by atoms with Crippen LogP contribution in [-0.4, -0.2) is 15.1 Å². The summed E-state index contributed by atoms with van der Waals surface area (Å²) < 4.78 is 0. The third-order valence-electron chi connectivity index (χ3n) is 8.83. The van der Waals surface area contributed by atoms with E-state index < -0.39 is 0 Å². The van der Waals surface area contributed by atoms with Gasteiger partial charge in [0.15, 0.2) is 0 Å². The van der Waals surface area contributed by atoms with Crippen molar-refractivity contribution in [2.24, 2.45) is 0 Å². The van der Waals surface area contributed by atoms with Gasteiger partial charge in [-0.1, -0.05) is 67.4 Å². The number of fused-ring (bicyclic) bond motifs is 3. The zero-order valence-electron chi connectivity index (χ0n) is 25.8. The molecule has 0 saturated carbocycles. The first-order valence-corrected chi connectivity index (χ1v) is 14.7. The van der Waals surface area contributed by atoms with Gasteiger partial charge in [0.25, 0.3) is 0 Å². The normalized spacial score (nSPS) is 13.3. The monoisotopic (exact) mass is 755 g/mol. The summed E-state index contributed by atoms with van der Waals surface area (Å²) in [5.41, 5.74) is 13.5. The largest absolute Gasteiger partial charge is 0.506 e. The van der Waals surface area contributed by atoms with Gasteiger partial charge >= 0.3 is 0 Å². The number of anilines is 3. The molecule has 4 nitrogen and oxygen atoms in total. The Morgan fingerprint density at radius 3 is 2.27 bits per heavy atom. The van der Waals surface area contributed by atoms with Gasteiger partial charge in [-0.25, -0.2) is 4.98 Å². The standard InChI is InChI=1S/C39H34N3O.Pt/c1-23-17-18-40-36(21-23)42-33-10-8-7-9-30(33)39(5,6)31-14-11-27(22-34(31)42)32-15-12-29-28(13-16-35(43)38(29)41-32)37-25(3)19-24(2)20-26(37)4;/h7-21,43H,1-6H3;/q-1;. The number of phenolic OH excluding ortho intramolecular Hbond substituents is 1. The van der Waals surface area contributed by atoms with Crippen molar-refractivity contribution in [1.29, 1.82) is 0 Å². The molecule has 0 radical (unpaired) electrons.